The molecular weight excluding hydrogens is 360 g/mol. The predicted molar refractivity (Wildman–Crippen MR) is 105 cm³/mol. The van der Waals surface area contributed by atoms with Crippen LogP contribution in [0.2, 0.25) is 5.02 Å². The van der Waals surface area contributed by atoms with Gasteiger partial charge in [-0.2, -0.15) is 10.2 Å². The topological polar surface area (TPSA) is 79.4 Å². The van der Waals surface area contributed by atoms with Gasteiger partial charge >= 0.3 is 0 Å². The lowest BCUT2D eigenvalue weighted by Gasteiger charge is -2.09. The lowest BCUT2D eigenvalue weighted by atomic mass is 10.1. The second-order valence-corrected chi connectivity index (χ2v) is 6.36. The Morgan fingerprint density at radius 2 is 1.89 bits per heavy atom. The molecule has 27 heavy (non-hydrogen) atoms. The first-order chi connectivity index (χ1) is 13.2. The van der Waals surface area contributed by atoms with Crippen molar-refractivity contribution in [3.8, 4) is 11.9 Å². The molecule has 7 heteroatoms. The maximum Gasteiger partial charge on any atom is 0.224 e. The van der Waals surface area contributed by atoms with Gasteiger partial charge in [0.25, 0.3) is 0 Å². The number of rotatable bonds is 5. The van der Waals surface area contributed by atoms with Gasteiger partial charge in [0.1, 0.15) is 11.3 Å². The molecule has 1 N–H and O–H groups in total. The highest BCUT2D eigenvalue weighted by atomic mass is 35.5. The van der Waals surface area contributed by atoms with Crippen molar-refractivity contribution in [3.63, 3.8) is 0 Å². The smallest absolute Gasteiger partial charge is 0.224 e. The third-order valence-electron chi connectivity index (χ3n) is 4.19. The SMILES string of the molecule is N#Cc1ccc(CCNc2ncc(Cl)c(-n3cnc4ccccc43)n2)cc1. The first kappa shape index (κ1) is 17.0. The lowest BCUT2D eigenvalue weighted by molar-refractivity contribution is 0.953. The fourth-order valence-electron chi connectivity index (χ4n) is 2.80. The van der Waals surface area contributed by atoms with Crippen molar-refractivity contribution in [2.45, 2.75) is 6.42 Å². The second kappa shape index (κ2) is 7.44. The maximum atomic E-state index is 8.85. The number of nitrogens with one attached hydrogen (secondary N) is 1. The van der Waals surface area contributed by atoms with Crippen LogP contribution in [0.3, 0.4) is 0 Å². The van der Waals surface area contributed by atoms with Gasteiger partial charge in [-0.25, -0.2) is 9.97 Å². The summed E-state index contributed by atoms with van der Waals surface area (Å²) >= 11 is 6.32. The number of aromatic nitrogens is 4. The third kappa shape index (κ3) is 3.59. The van der Waals surface area contributed by atoms with Gasteiger partial charge in [0.05, 0.1) is 28.9 Å². The molecule has 0 bridgehead atoms. The molecule has 0 aliphatic carbocycles. The van der Waals surface area contributed by atoms with E-state index in [1.807, 2.05) is 53.1 Å². The van der Waals surface area contributed by atoms with Crippen molar-refractivity contribution in [1.29, 1.82) is 5.26 Å². The molecule has 0 aliphatic heterocycles. The Bertz CT molecular complexity index is 1130. The number of fused-ring (bicyclic) bond motifs is 1. The van der Waals surface area contributed by atoms with E-state index in [1.165, 1.54) is 0 Å². The Hall–Kier alpha value is -3.43. The Balaban J connectivity index is 1.51. The van der Waals surface area contributed by atoms with Crippen molar-refractivity contribution in [1.82, 2.24) is 19.5 Å². The van der Waals surface area contributed by atoms with Gasteiger partial charge in [-0.05, 0) is 36.2 Å². The van der Waals surface area contributed by atoms with Crippen LogP contribution in [0, 0.1) is 11.3 Å². The van der Waals surface area contributed by atoms with Crippen molar-refractivity contribution < 1.29 is 0 Å². The van der Waals surface area contributed by atoms with Crippen molar-refractivity contribution in [2.75, 3.05) is 11.9 Å². The molecule has 0 saturated heterocycles. The van der Waals surface area contributed by atoms with Gasteiger partial charge in [-0.1, -0.05) is 35.9 Å². The molecule has 0 atom stereocenters. The van der Waals surface area contributed by atoms with Crippen LogP contribution in [0.1, 0.15) is 11.1 Å². The summed E-state index contributed by atoms with van der Waals surface area (Å²) in [5, 5.41) is 12.5. The highest BCUT2D eigenvalue weighted by molar-refractivity contribution is 6.32. The van der Waals surface area contributed by atoms with Gasteiger partial charge < -0.3 is 5.32 Å². The maximum absolute atomic E-state index is 8.85. The Labute approximate surface area is 161 Å². The number of halogens is 1. The van der Waals surface area contributed by atoms with Gasteiger partial charge in [-0.15, -0.1) is 0 Å². The minimum atomic E-state index is 0.454. The van der Waals surface area contributed by atoms with E-state index in [0.29, 0.717) is 28.9 Å². The van der Waals surface area contributed by atoms with E-state index in [1.54, 1.807) is 12.5 Å². The fraction of sp³-hybridized carbons (Fsp3) is 0.100. The van der Waals surface area contributed by atoms with Crippen LogP contribution in [-0.2, 0) is 6.42 Å². The molecule has 4 aromatic rings. The summed E-state index contributed by atoms with van der Waals surface area (Å²) in [4.78, 5) is 13.2. The zero-order valence-corrected chi connectivity index (χ0v) is 15.1. The Kier molecular flexibility index (Phi) is 4.69. The number of hydrogen-bond acceptors (Lipinski definition) is 5. The molecule has 6 nitrogen and oxygen atoms in total. The van der Waals surface area contributed by atoms with Crippen LogP contribution in [0.15, 0.2) is 61.1 Å². The highest BCUT2D eigenvalue weighted by Crippen LogP contribution is 2.23. The first-order valence-electron chi connectivity index (χ1n) is 8.42. The average Bonchev–Trinajstić information content (AvgIpc) is 3.14. The zero-order chi connectivity index (χ0) is 18.6. The summed E-state index contributed by atoms with van der Waals surface area (Å²) in [7, 11) is 0. The summed E-state index contributed by atoms with van der Waals surface area (Å²) in [6, 6.07) is 17.5. The van der Waals surface area contributed by atoms with Crippen LogP contribution in [0.4, 0.5) is 5.95 Å². The molecule has 0 amide bonds. The van der Waals surface area contributed by atoms with Crippen molar-refractivity contribution in [2.24, 2.45) is 0 Å². The number of nitrogens with zero attached hydrogens (tertiary/aromatic N) is 5. The van der Waals surface area contributed by atoms with Gasteiger partial charge in [-0.3, -0.25) is 4.57 Å². The molecule has 2 heterocycles. The summed E-state index contributed by atoms with van der Waals surface area (Å²) in [5.41, 5.74) is 3.60. The summed E-state index contributed by atoms with van der Waals surface area (Å²) in [6.45, 7) is 0.664. The normalized spacial score (nSPS) is 10.7. The van der Waals surface area contributed by atoms with Crippen LogP contribution in [0.25, 0.3) is 16.9 Å². The number of anilines is 1. The number of imidazole rings is 1. The number of benzene rings is 2. The average molecular weight is 375 g/mol. The van der Waals surface area contributed by atoms with Crippen LogP contribution in [0.5, 0.6) is 0 Å². The Morgan fingerprint density at radius 3 is 2.70 bits per heavy atom. The Morgan fingerprint density at radius 1 is 1.07 bits per heavy atom. The lowest BCUT2D eigenvalue weighted by Crippen LogP contribution is -2.10. The van der Waals surface area contributed by atoms with Crippen molar-refractivity contribution >= 4 is 28.6 Å². The molecular formula is C20H15ClN6. The van der Waals surface area contributed by atoms with E-state index >= 15 is 0 Å². The van der Waals surface area contributed by atoms with E-state index in [4.69, 9.17) is 16.9 Å². The second-order valence-electron chi connectivity index (χ2n) is 5.95. The largest absolute Gasteiger partial charge is 0.354 e. The van der Waals surface area contributed by atoms with Crippen LogP contribution in [-0.4, -0.2) is 26.1 Å². The molecule has 0 fully saturated rings. The molecule has 0 unspecified atom stereocenters. The van der Waals surface area contributed by atoms with E-state index < -0.39 is 0 Å². The van der Waals surface area contributed by atoms with E-state index in [0.717, 1.165) is 23.0 Å². The monoisotopic (exact) mass is 374 g/mol. The van der Waals surface area contributed by atoms with E-state index in [-0.39, 0.29) is 0 Å². The van der Waals surface area contributed by atoms with Crippen LogP contribution >= 0.6 is 11.6 Å². The number of nitriles is 1. The summed E-state index contributed by atoms with van der Waals surface area (Å²) in [5.74, 6) is 1.09. The first-order valence-corrected chi connectivity index (χ1v) is 8.80. The molecule has 4 rings (SSSR count). The zero-order valence-electron chi connectivity index (χ0n) is 14.3. The standard InChI is InChI=1S/C20H15ClN6/c21-16-12-24-20(23-10-9-14-5-7-15(11-22)8-6-14)26-19(16)27-13-25-17-3-1-2-4-18(17)27/h1-8,12-13H,9-10H2,(H,23,24,26). The molecule has 0 aliphatic rings. The van der Waals surface area contributed by atoms with Gasteiger partial charge in [0.2, 0.25) is 5.95 Å². The number of para-hydroxylation sites is 2. The number of hydrogen-bond donors (Lipinski definition) is 1. The van der Waals surface area contributed by atoms with E-state index in [9.17, 15) is 0 Å². The minimum Gasteiger partial charge on any atom is -0.354 e. The predicted octanol–water partition coefficient (Wildman–Crippen LogP) is 4.00. The summed E-state index contributed by atoms with van der Waals surface area (Å²) < 4.78 is 1.85. The molecule has 0 saturated carbocycles. The van der Waals surface area contributed by atoms with E-state index in [2.05, 4.69) is 26.3 Å². The molecule has 0 spiro atoms. The molecule has 2 aromatic heterocycles. The minimum absolute atomic E-state index is 0.454. The van der Waals surface area contributed by atoms with Gasteiger partial charge in [0, 0.05) is 6.54 Å². The molecule has 2 aromatic carbocycles. The third-order valence-corrected chi connectivity index (χ3v) is 4.45. The molecule has 132 valence electrons. The highest BCUT2D eigenvalue weighted by Gasteiger charge is 2.11. The van der Waals surface area contributed by atoms with Crippen molar-refractivity contribution in [3.05, 3.63) is 77.2 Å². The molecule has 0 radical (unpaired) electrons. The van der Waals surface area contributed by atoms with Crippen LogP contribution < -0.4 is 5.32 Å². The fourth-order valence-corrected chi connectivity index (χ4v) is 2.99. The summed E-state index contributed by atoms with van der Waals surface area (Å²) in [6.07, 6.45) is 4.09. The quantitative estimate of drug-likeness (QED) is 0.571. The van der Waals surface area contributed by atoms with Gasteiger partial charge in [0.15, 0.2) is 5.82 Å².